The molecule has 2 rings (SSSR count). The Labute approximate surface area is 104 Å². The van der Waals surface area contributed by atoms with Crippen LogP contribution < -0.4 is 5.32 Å². The molecule has 0 aromatic carbocycles. The largest absolute Gasteiger partial charge is 0.379 e. The van der Waals surface area contributed by atoms with Crippen LogP contribution >= 0.6 is 11.8 Å². The fourth-order valence-electron chi connectivity index (χ4n) is 2.58. The summed E-state index contributed by atoms with van der Waals surface area (Å²) in [5.74, 6) is 0.915. The number of thioether (sulfide) groups is 1. The maximum atomic E-state index is 5.28. The third kappa shape index (κ3) is 3.38. The van der Waals surface area contributed by atoms with Crippen molar-refractivity contribution in [2.75, 3.05) is 19.8 Å². The maximum absolute atomic E-state index is 5.28. The summed E-state index contributed by atoms with van der Waals surface area (Å²) >= 11 is 2.18. The molecule has 1 saturated heterocycles. The van der Waals surface area contributed by atoms with Gasteiger partial charge in [0.2, 0.25) is 0 Å². The first-order valence-corrected chi connectivity index (χ1v) is 7.70. The first kappa shape index (κ1) is 12.7. The van der Waals surface area contributed by atoms with Crippen LogP contribution in [0.1, 0.15) is 39.5 Å². The summed E-state index contributed by atoms with van der Waals surface area (Å²) < 4.78 is 5.28. The molecule has 2 aliphatic rings. The lowest BCUT2D eigenvalue weighted by atomic mass is 9.87. The third-order valence-electron chi connectivity index (χ3n) is 3.69. The van der Waals surface area contributed by atoms with Gasteiger partial charge in [-0.2, -0.15) is 0 Å². The molecule has 3 unspecified atom stereocenters. The van der Waals surface area contributed by atoms with Crippen LogP contribution in [0.4, 0.5) is 0 Å². The standard InChI is InChI=1S/C13H25NOS/c1-3-6-14-12-5-4-10(2)7-13(12)16-11-8-15-9-11/h10-14H,3-9H2,1-2H3. The molecule has 1 N–H and O–H groups in total. The first-order chi connectivity index (χ1) is 7.79. The molecule has 1 heterocycles. The Balaban J connectivity index is 1.81. The van der Waals surface area contributed by atoms with Gasteiger partial charge in [-0.05, 0) is 38.1 Å². The zero-order chi connectivity index (χ0) is 11.4. The van der Waals surface area contributed by atoms with Crippen LogP contribution in [0, 0.1) is 5.92 Å². The molecule has 1 aliphatic carbocycles. The van der Waals surface area contributed by atoms with Crippen molar-refractivity contribution >= 4 is 11.8 Å². The molecule has 3 atom stereocenters. The van der Waals surface area contributed by atoms with Gasteiger partial charge in [0.15, 0.2) is 0 Å². The van der Waals surface area contributed by atoms with Gasteiger partial charge in [0.05, 0.1) is 18.5 Å². The molecule has 0 bridgehead atoms. The molecule has 0 aromatic rings. The second-order valence-electron chi connectivity index (χ2n) is 5.31. The highest BCUT2D eigenvalue weighted by atomic mass is 32.2. The second-order valence-corrected chi connectivity index (χ2v) is 6.86. The molecular formula is C13H25NOS. The Morgan fingerprint density at radius 1 is 1.31 bits per heavy atom. The van der Waals surface area contributed by atoms with Crippen molar-refractivity contribution in [1.82, 2.24) is 5.32 Å². The SMILES string of the molecule is CCCNC1CCC(C)CC1SC1COC1. The Morgan fingerprint density at radius 2 is 2.12 bits per heavy atom. The molecule has 1 saturated carbocycles. The van der Waals surface area contributed by atoms with Crippen LogP contribution in [0.3, 0.4) is 0 Å². The average molecular weight is 243 g/mol. The van der Waals surface area contributed by atoms with Gasteiger partial charge in [-0.15, -0.1) is 11.8 Å². The third-order valence-corrected chi connectivity index (χ3v) is 5.21. The number of hydrogen-bond acceptors (Lipinski definition) is 3. The minimum Gasteiger partial charge on any atom is -0.379 e. The minimum atomic E-state index is 0.752. The molecular weight excluding hydrogens is 218 g/mol. The molecule has 0 radical (unpaired) electrons. The van der Waals surface area contributed by atoms with E-state index in [4.69, 9.17) is 4.74 Å². The monoisotopic (exact) mass is 243 g/mol. The van der Waals surface area contributed by atoms with Crippen molar-refractivity contribution in [3.63, 3.8) is 0 Å². The van der Waals surface area contributed by atoms with Crippen LogP contribution in [0.15, 0.2) is 0 Å². The summed E-state index contributed by atoms with van der Waals surface area (Å²) in [7, 11) is 0. The second kappa shape index (κ2) is 6.27. The molecule has 3 heteroatoms. The van der Waals surface area contributed by atoms with E-state index in [9.17, 15) is 0 Å². The van der Waals surface area contributed by atoms with Gasteiger partial charge in [0.1, 0.15) is 0 Å². The predicted octanol–water partition coefficient (Wildman–Crippen LogP) is 2.68. The fraction of sp³-hybridized carbons (Fsp3) is 1.00. The number of ether oxygens (including phenoxy) is 1. The van der Waals surface area contributed by atoms with E-state index < -0.39 is 0 Å². The number of nitrogens with one attached hydrogen (secondary N) is 1. The molecule has 94 valence electrons. The topological polar surface area (TPSA) is 21.3 Å². The average Bonchev–Trinajstić information content (AvgIpc) is 2.22. The Kier molecular flexibility index (Phi) is 4.98. The van der Waals surface area contributed by atoms with E-state index in [0.717, 1.165) is 35.7 Å². The van der Waals surface area contributed by atoms with E-state index in [1.165, 1.54) is 32.2 Å². The van der Waals surface area contributed by atoms with Gasteiger partial charge in [-0.3, -0.25) is 0 Å². The molecule has 2 fully saturated rings. The van der Waals surface area contributed by atoms with E-state index >= 15 is 0 Å². The molecule has 0 amide bonds. The first-order valence-electron chi connectivity index (χ1n) is 6.76. The summed E-state index contributed by atoms with van der Waals surface area (Å²) in [6.07, 6.45) is 5.41. The Bertz CT molecular complexity index is 206. The highest BCUT2D eigenvalue weighted by Crippen LogP contribution is 2.36. The van der Waals surface area contributed by atoms with Crippen LogP contribution in [0.5, 0.6) is 0 Å². The fourth-order valence-corrected chi connectivity index (χ4v) is 4.29. The van der Waals surface area contributed by atoms with Crippen LogP contribution in [0.2, 0.25) is 0 Å². The quantitative estimate of drug-likeness (QED) is 0.802. The lowest BCUT2D eigenvalue weighted by Crippen LogP contribution is -2.45. The van der Waals surface area contributed by atoms with Crippen molar-refractivity contribution < 1.29 is 4.74 Å². The van der Waals surface area contributed by atoms with Crippen molar-refractivity contribution in [3.05, 3.63) is 0 Å². The van der Waals surface area contributed by atoms with E-state index in [0.29, 0.717) is 0 Å². The molecule has 0 aromatic heterocycles. The molecule has 2 nitrogen and oxygen atoms in total. The number of rotatable bonds is 5. The van der Waals surface area contributed by atoms with Crippen LogP contribution in [-0.2, 0) is 4.74 Å². The molecule has 1 aliphatic heterocycles. The number of hydrogen-bond donors (Lipinski definition) is 1. The lowest BCUT2D eigenvalue weighted by Gasteiger charge is -2.38. The van der Waals surface area contributed by atoms with Crippen LogP contribution in [0.25, 0.3) is 0 Å². The predicted molar refractivity (Wildman–Crippen MR) is 71.1 cm³/mol. The van der Waals surface area contributed by atoms with Crippen molar-refractivity contribution in [2.45, 2.75) is 56.1 Å². The normalized spacial score (nSPS) is 36.0. The van der Waals surface area contributed by atoms with Gasteiger partial charge in [-0.1, -0.05) is 13.8 Å². The Morgan fingerprint density at radius 3 is 2.75 bits per heavy atom. The van der Waals surface area contributed by atoms with E-state index in [2.05, 4.69) is 30.9 Å². The summed E-state index contributed by atoms with van der Waals surface area (Å²) in [6, 6.07) is 0.752. The van der Waals surface area contributed by atoms with E-state index in [1.807, 2.05) is 0 Å². The van der Waals surface area contributed by atoms with Gasteiger partial charge >= 0.3 is 0 Å². The zero-order valence-corrected chi connectivity index (χ0v) is 11.4. The Hall–Kier alpha value is 0.270. The zero-order valence-electron chi connectivity index (χ0n) is 10.6. The van der Waals surface area contributed by atoms with Crippen molar-refractivity contribution in [2.24, 2.45) is 5.92 Å². The van der Waals surface area contributed by atoms with Gasteiger partial charge in [0.25, 0.3) is 0 Å². The summed E-state index contributed by atoms with van der Waals surface area (Å²) in [4.78, 5) is 0. The lowest BCUT2D eigenvalue weighted by molar-refractivity contribution is 0.0450. The molecule has 16 heavy (non-hydrogen) atoms. The van der Waals surface area contributed by atoms with E-state index in [-0.39, 0.29) is 0 Å². The summed E-state index contributed by atoms with van der Waals surface area (Å²) in [6.45, 7) is 7.80. The van der Waals surface area contributed by atoms with Gasteiger partial charge in [0, 0.05) is 11.3 Å². The summed E-state index contributed by atoms with van der Waals surface area (Å²) in [5.41, 5.74) is 0. The van der Waals surface area contributed by atoms with Crippen molar-refractivity contribution in [1.29, 1.82) is 0 Å². The summed E-state index contributed by atoms with van der Waals surface area (Å²) in [5, 5.41) is 5.34. The highest BCUT2D eigenvalue weighted by molar-refractivity contribution is 8.00. The smallest absolute Gasteiger partial charge is 0.0608 e. The maximum Gasteiger partial charge on any atom is 0.0608 e. The minimum absolute atomic E-state index is 0.752. The highest BCUT2D eigenvalue weighted by Gasteiger charge is 2.32. The van der Waals surface area contributed by atoms with Gasteiger partial charge < -0.3 is 10.1 Å². The van der Waals surface area contributed by atoms with Gasteiger partial charge in [-0.25, -0.2) is 0 Å². The van der Waals surface area contributed by atoms with Crippen molar-refractivity contribution in [3.8, 4) is 0 Å². The van der Waals surface area contributed by atoms with E-state index in [1.54, 1.807) is 0 Å². The molecule has 0 spiro atoms. The van der Waals surface area contributed by atoms with Crippen LogP contribution in [-0.4, -0.2) is 36.3 Å².